The second kappa shape index (κ2) is 2.57. The van der Waals surface area contributed by atoms with Crippen LogP contribution in [-0.2, 0) is 9.59 Å². The Balaban J connectivity index is 1.82. The van der Waals surface area contributed by atoms with Crippen molar-refractivity contribution in [3.8, 4) is 0 Å². The van der Waals surface area contributed by atoms with Crippen LogP contribution in [0.2, 0.25) is 0 Å². The van der Waals surface area contributed by atoms with Gasteiger partial charge in [0.2, 0.25) is 5.91 Å². The molecule has 0 N–H and O–H groups in total. The summed E-state index contributed by atoms with van der Waals surface area (Å²) >= 11 is 0. The molecule has 12 heavy (non-hydrogen) atoms. The van der Waals surface area contributed by atoms with Gasteiger partial charge in [-0.15, -0.1) is 0 Å². The number of carbonyl (C=O) groups is 2. The summed E-state index contributed by atoms with van der Waals surface area (Å²) in [7, 11) is 0. The van der Waals surface area contributed by atoms with Gasteiger partial charge in [0.1, 0.15) is 5.78 Å². The van der Waals surface area contributed by atoms with E-state index in [9.17, 15) is 9.59 Å². The highest BCUT2D eigenvalue weighted by Crippen LogP contribution is 2.45. The lowest BCUT2D eigenvalue weighted by atomic mass is 10.3. The first-order chi connectivity index (χ1) is 5.68. The van der Waals surface area contributed by atoms with Gasteiger partial charge < -0.3 is 4.90 Å². The molecule has 2 aliphatic rings. The summed E-state index contributed by atoms with van der Waals surface area (Å²) in [4.78, 5) is 23.9. The molecule has 1 aliphatic carbocycles. The molecule has 1 heterocycles. The number of fused-ring (bicyclic) bond motifs is 1. The monoisotopic (exact) mass is 167 g/mol. The number of carbonyl (C=O) groups excluding carboxylic acids is 2. The van der Waals surface area contributed by atoms with Gasteiger partial charge in [0.25, 0.3) is 0 Å². The molecule has 2 atom stereocenters. The smallest absolute Gasteiger partial charge is 0.226 e. The van der Waals surface area contributed by atoms with Crippen LogP contribution in [0, 0.1) is 11.8 Å². The van der Waals surface area contributed by atoms with Crippen LogP contribution < -0.4 is 0 Å². The maximum absolute atomic E-state index is 11.4. The maximum Gasteiger partial charge on any atom is 0.226 e. The Bertz CT molecular complexity index is 237. The van der Waals surface area contributed by atoms with Crippen molar-refractivity contribution in [2.45, 2.75) is 19.8 Å². The highest BCUT2D eigenvalue weighted by molar-refractivity contribution is 5.85. The molecule has 1 saturated carbocycles. The molecule has 1 aliphatic heterocycles. The molecule has 3 nitrogen and oxygen atoms in total. The Kier molecular flexibility index (Phi) is 1.67. The summed E-state index contributed by atoms with van der Waals surface area (Å²) in [5.41, 5.74) is 0. The van der Waals surface area contributed by atoms with Crippen LogP contribution in [0.15, 0.2) is 0 Å². The zero-order valence-corrected chi connectivity index (χ0v) is 7.25. The van der Waals surface area contributed by atoms with Crippen LogP contribution in [0.3, 0.4) is 0 Å². The lowest BCUT2D eigenvalue weighted by molar-refractivity contribution is -0.130. The maximum atomic E-state index is 11.4. The van der Waals surface area contributed by atoms with Gasteiger partial charge in [-0.25, -0.2) is 0 Å². The Morgan fingerprint density at radius 3 is 2.92 bits per heavy atom. The van der Waals surface area contributed by atoms with Gasteiger partial charge in [-0.3, -0.25) is 9.59 Å². The van der Waals surface area contributed by atoms with Crippen LogP contribution in [0.5, 0.6) is 0 Å². The molecule has 2 unspecified atom stereocenters. The van der Waals surface area contributed by atoms with Crippen molar-refractivity contribution in [1.82, 2.24) is 4.90 Å². The van der Waals surface area contributed by atoms with E-state index >= 15 is 0 Å². The number of piperidine rings is 1. The van der Waals surface area contributed by atoms with Gasteiger partial charge in [-0.1, -0.05) is 0 Å². The first kappa shape index (κ1) is 7.77. The van der Waals surface area contributed by atoms with E-state index in [1.807, 2.05) is 4.90 Å². The topological polar surface area (TPSA) is 37.4 Å². The molecule has 0 spiro atoms. The minimum absolute atomic E-state index is 0.170. The minimum atomic E-state index is 0.170. The molecular weight excluding hydrogens is 154 g/mol. The van der Waals surface area contributed by atoms with E-state index in [1.54, 1.807) is 6.92 Å². The van der Waals surface area contributed by atoms with Crippen molar-refractivity contribution in [3.63, 3.8) is 0 Å². The van der Waals surface area contributed by atoms with E-state index < -0.39 is 0 Å². The molecule has 0 bridgehead atoms. The second-order valence-electron chi connectivity index (χ2n) is 3.84. The molecule has 66 valence electrons. The fraction of sp³-hybridized carbons (Fsp3) is 0.778. The molecule has 1 saturated heterocycles. The fourth-order valence-electron chi connectivity index (χ4n) is 1.85. The third-order valence-electron chi connectivity index (χ3n) is 2.74. The molecule has 0 aromatic carbocycles. The van der Waals surface area contributed by atoms with Crippen LogP contribution in [0.25, 0.3) is 0 Å². The van der Waals surface area contributed by atoms with Crippen LogP contribution in [0.1, 0.15) is 19.8 Å². The average Bonchev–Trinajstić information content (AvgIpc) is 2.70. The van der Waals surface area contributed by atoms with Crippen LogP contribution in [0.4, 0.5) is 0 Å². The largest absolute Gasteiger partial charge is 0.342 e. The SMILES string of the molecule is CC(=O)CCN1CC2CC2C1=O. The normalized spacial score (nSPS) is 32.1. The first-order valence-electron chi connectivity index (χ1n) is 4.46. The number of rotatable bonds is 3. The Hall–Kier alpha value is -0.860. The summed E-state index contributed by atoms with van der Waals surface area (Å²) in [6.45, 7) is 3.11. The Morgan fingerprint density at radius 2 is 2.42 bits per heavy atom. The van der Waals surface area contributed by atoms with Gasteiger partial charge in [0, 0.05) is 25.4 Å². The zero-order valence-electron chi connectivity index (χ0n) is 7.25. The van der Waals surface area contributed by atoms with Crippen LogP contribution in [-0.4, -0.2) is 29.7 Å². The van der Waals surface area contributed by atoms with Crippen molar-refractivity contribution in [1.29, 1.82) is 0 Å². The lowest BCUT2D eigenvalue weighted by Gasteiger charge is -2.16. The summed E-state index contributed by atoms with van der Waals surface area (Å²) in [5.74, 6) is 1.41. The van der Waals surface area contributed by atoms with E-state index in [1.165, 1.54) is 0 Å². The fourth-order valence-corrected chi connectivity index (χ4v) is 1.85. The first-order valence-corrected chi connectivity index (χ1v) is 4.46. The number of ketones is 1. The molecule has 2 fully saturated rings. The van der Waals surface area contributed by atoms with Crippen molar-refractivity contribution >= 4 is 11.7 Å². The number of Topliss-reactive ketones (excluding diaryl/α,β-unsaturated/α-hetero) is 1. The third kappa shape index (κ3) is 1.24. The highest BCUT2D eigenvalue weighted by Gasteiger charge is 2.51. The van der Waals surface area contributed by atoms with Gasteiger partial charge in [-0.05, 0) is 19.3 Å². The number of hydrogen-bond acceptors (Lipinski definition) is 2. The molecule has 0 aromatic rings. The summed E-state index contributed by atoms with van der Waals surface area (Å²) in [6.07, 6.45) is 1.61. The molecular formula is C9H13NO2. The van der Waals surface area contributed by atoms with Gasteiger partial charge in [-0.2, -0.15) is 0 Å². The summed E-state index contributed by atoms with van der Waals surface area (Å²) < 4.78 is 0. The van der Waals surface area contributed by atoms with E-state index in [0.29, 0.717) is 24.8 Å². The molecule has 0 radical (unpaired) electrons. The van der Waals surface area contributed by atoms with Crippen molar-refractivity contribution in [3.05, 3.63) is 0 Å². The van der Waals surface area contributed by atoms with E-state index in [0.717, 1.165) is 13.0 Å². The molecule has 1 amide bonds. The Morgan fingerprint density at radius 1 is 1.67 bits per heavy atom. The average molecular weight is 167 g/mol. The van der Waals surface area contributed by atoms with Gasteiger partial charge in [0.15, 0.2) is 0 Å². The molecule has 2 rings (SSSR count). The van der Waals surface area contributed by atoms with Crippen molar-refractivity contribution in [2.24, 2.45) is 11.8 Å². The third-order valence-corrected chi connectivity index (χ3v) is 2.74. The van der Waals surface area contributed by atoms with E-state index in [-0.39, 0.29) is 11.7 Å². The quantitative estimate of drug-likeness (QED) is 0.611. The molecule has 3 heteroatoms. The second-order valence-corrected chi connectivity index (χ2v) is 3.84. The van der Waals surface area contributed by atoms with E-state index in [4.69, 9.17) is 0 Å². The van der Waals surface area contributed by atoms with Gasteiger partial charge >= 0.3 is 0 Å². The number of amides is 1. The number of likely N-dealkylation sites (tertiary alicyclic amines) is 1. The minimum Gasteiger partial charge on any atom is -0.342 e. The van der Waals surface area contributed by atoms with Crippen molar-refractivity contribution < 1.29 is 9.59 Å². The van der Waals surface area contributed by atoms with Crippen molar-refractivity contribution in [2.75, 3.05) is 13.1 Å². The zero-order chi connectivity index (χ0) is 8.72. The molecule has 0 aromatic heterocycles. The predicted molar refractivity (Wildman–Crippen MR) is 43.5 cm³/mol. The van der Waals surface area contributed by atoms with E-state index in [2.05, 4.69) is 0 Å². The number of hydrogen-bond donors (Lipinski definition) is 0. The highest BCUT2D eigenvalue weighted by atomic mass is 16.2. The summed E-state index contributed by atoms with van der Waals surface area (Å²) in [5, 5.41) is 0. The Labute approximate surface area is 71.7 Å². The summed E-state index contributed by atoms with van der Waals surface area (Å²) in [6, 6.07) is 0. The number of nitrogens with zero attached hydrogens (tertiary/aromatic N) is 1. The van der Waals surface area contributed by atoms with Gasteiger partial charge in [0.05, 0.1) is 0 Å². The predicted octanol–water partition coefficient (Wildman–Crippen LogP) is 0.444. The standard InChI is InChI=1S/C9H13NO2/c1-6(11)2-3-10-5-7-4-8(7)9(10)12/h7-8H,2-5H2,1H3. The van der Waals surface area contributed by atoms with Crippen LogP contribution >= 0.6 is 0 Å². The lowest BCUT2D eigenvalue weighted by Crippen LogP contribution is -2.30.